The molecule has 0 fully saturated rings. The summed E-state index contributed by atoms with van der Waals surface area (Å²) in [5.74, 6) is 0.540. The van der Waals surface area contributed by atoms with Crippen molar-refractivity contribution >= 4 is 11.6 Å². The average molecular weight is 244 g/mol. The topological polar surface area (TPSA) is 55.1 Å². The third-order valence-corrected chi connectivity index (χ3v) is 3.47. The summed E-state index contributed by atoms with van der Waals surface area (Å²) >= 11 is 0. The van der Waals surface area contributed by atoms with Gasteiger partial charge in [0.05, 0.1) is 0 Å². The smallest absolute Gasteiger partial charge is 0.251 e. The molecule has 0 aliphatic heterocycles. The van der Waals surface area contributed by atoms with Crippen molar-refractivity contribution in [2.24, 2.45) is 5.92 Å². The fourth-order valence-corrected chi connectivity index (χ4v) is 2.16. The van der Waals surface area contributed by atoms with E-state index in [2.05, 4.69) is 17.5 Å². The highest BCUT2D eigenvalue weighted by Gasteiger charge is 2.12. The Balaban J connectivity index is 1.91. The Labute approximate surface area is 108 Å². The summed E-state index contributed by atoms with van der Waals surface area (Å²) in [5.41, 5.74) is 8.12. The molecule has 1 aliphatic carbocycles. The Bertz CT molecular complexity index is 466. The van der Waals surface area contributed by atoms with Crippen LogP contribution < -0.4 is 11.1 Å². The first-order valence-corrected chi connectivity index (χ1v) is 6.46. The molecule has 0 heterocycles. The van der Waals surface area contributed by atoms with Crippen molar-refractivity contribution in [3.63, 3.8) is 0 Å². The van der Waals surface area contributed by atoms with Crippen molar-refractivity contribution in [3.8, 4) is 0 Å². The molecule has 0 radical (unpaired) electrons. The van der Waals surface area contributed by atoms with Crippen molar-refractivity contribution in [1.82, 2.24) is 5.32 Å². The molecular weight excluding hydrogens is 224 g/mol. The van der Waals surface area contributed by atoms with Crippen LogP contribution in [0.5, 0.6) is 0 Å². The fraction of sp³-hybridized carbons (Fsp3) is 0.400. The number of nitrogen functional groups attached to an aromatic ring is 1. The number of anilines is 1. The average Bonchev–Trinajstić information content (AvgIpc) is 2.40. The largest absolute Gasteiger partial charge is 0.398 e. The molecule has 1 unspecified atom stereocenters. The summed E-state index contributed by atoms with van der Waals surface area (Å²) in [6.07, 6.45) is 7.75. The minimum atomic E-state index is -0.0312. The van der Waals surface area contributed by atoms with Crippen LogP contribution in [0.3, 0.4) is 0 Å². The van der Waals surface area contributed by atoms with E-state index >= 15 is 0 Å². The zero-order valence-corrected chi connectivity index (χ0v) is 10.8. The van der Waals surface area contributed by atoms with Crippen LogP contribution in [0.2, 0.25) is 0 Å². The number of allylic oxidation sites excluding steroid dienone is 2. The zero-order chi connectivity index (χ0) is 13.0. The SMILES string of the molecule is Cc1ccc(C(=O)NCC2CC=CCC2)cc1N. The summed E-state index contributed by atoms with van der Waals surface area (Å²) in [6, 6.07) is 5.45. The Morgan fingerprint density at radius 3 is 2.94 bits per heavy atom. The number of rotatable bonds is 3. The van der Waals surface area contributed by atoms with Crippen molar-refractivity contribution in [2.45, 2.75) is 26.2 Å². The highest BCUT2D eigenvalue weighted by molar-refractivity contribution is 5.95. The molecule has 0 spiro atoms. The van der Waals surface area contributed by atoms with Crippen LogP contribution in [0.25, 0.3) is 0 Å². The van der Waals surface area contributed by atoms with Gasteiger partial charge in [0.2, 0.25) is 0 Å². The van der Waals surface area contributed by atoms with Crippen LogP contribution >= 0.6 is 0 Å². The van der Waals surface area contributed by atoms with Crippen molar-refractivity contribution < 1.29 is 4.79 Å². The highest BCUT2D eigenvalue weighted by atomic mass is 16.1. The minimum Gasteiger partial charge on any atom is -0.398 e. The van der Waals surface area contributed by atoms with Crippen LogP contribution in [-0.2, 0) is 0 Å². The van der Waals surface area contributed by atoms with E-state index in [4.69, 9.17) is 5.73 Å². The molecule has 0 saturated heterocycles. The monoisotopic (exact) mass is 244 g/mol. The standard InChI is InChI=1S/C15H20N2O/c1-11-7-8-13(9-14(11)16)15(18)17-10-12-5-3-2-4-6-12/h2-3,7-9,12H,4-6,10,16H2,1H3,(H,17,18). The van der Waals surface area contributed by atoms with Crippen LogP contribution in [0.1, 0.15) is 35.2 Å². The van der Waals surface area contributed by atoms with Gasteiger partial charge >= 0.3 is 0 Å². The molecular formula is C15H20N2O. The van der Waals surface area contributed by atoms with Gasteiger partial charge in [0.1, 0.15) is 0 Å². The number of benzene rings is 1. The highest BCUT2D eigenvalue weighted by Crippen LogP contribution is 2.17. The van der Waals surface area contributed by atoms with Crippen LogP contribution in [0, 0.1) is 12.8 Å². The fourth-order valence-electron chi connectivity index (χ4n) is 2.16. The maximum atomic E-state index is 12.0. The van der Waals surface area contributed by atoms with E-state index < -0.39 is 0 Å². The zero-order valence-electron chi connectivity index (χ0n) is 10.8. The number of hydrogen-bond acceptors (Lipinski definition) is 2. The molecule has 1 atom stereocenters. The van der Waals surface area contributed by atoms with Gasteiger partial charge < -0.3 is 11.1 Å². The van der Waals surface area contributed by atoms with E-state index in [1.807, 2.05) is 19.1 Å². The lowest BCUT2D eigenvalue weighted by atomic mass is 9.94. The molecule has 1 amide bonds. The van der Waals surface area contributed by atoms with E-state index in [1.165, 1.54) is 0 Å². The van der Waals surface area contributed by atoms with Gasteiger partial charge in [0, 0.05) is 17.8 Å². The summed E-state index contributed by atoms with van der Waals surface area (Å²) in [4.78, 5) is 12.0. The van der Waals surface area contributed by atoms with E-state index in [1.54, 1.807) is 6.07 Å². The quantitative estimate of drug-likeness (QED) is 0.634. The van der Waals surface area contributed by atoms with E-state index in [-0.39, 0.29) is 5.91 Å². The van der Waals surface area contributed by atoms with Gasteiger partial charge in [0.15, 0.2) is 0 Å². The Morgan fingerprint density at radius 2 is 2.28 bits per heavy atom. The van der Waals surface area contributed by atoms with E-state index in [0.29, 0.717) is 17.2 Å². The first-order valence-electron chi connectivity index (χ1n) is 6.46. The van der Waals surface area contributed by atoms with Gasteiger partial charge in [-0.05, 0) is 49.8 Å². The molecule has 1 aromatic carbocycles. The van der Waals surface area contributed by atoms with Crippen molar-refractivity contribution in [3.05, 3.63) is 41.5 Å². The predicted octanol–water partition coefficient (Wildman–Crippen LogP) is 2.66. The predicted molar refractivity (Wildman–Crippen MR) is 74.4 cm³/mol. The van der Waals surface area contributed by atoms with Gasteiger partial charge in [-0.3, -0.25) is 4.79 Å². The summed E-state index contributed by atoms with van der Waals surface area (Å²) in [7, 11) is 0. The van der Waals surface area contributed by atoms with Gasteiger partial charge in [-0.2, -0.15) is 0 Å². The molecule has 18 heavy (non-hydrogen) atoms. The lowest BCUT2D eigenvalue weighted by Gasteiger charge is -2.18. The molecule has 1 aromatic rings. The van der Waals surface area contributed by atoms with Crippen LogP contribution in [-0.4, -0.2) is 12.5 Å². The van der Waals surface area contributed by atoms with Gasteiger partial charge in [0.25, 0.3) is 5.91 Å². The lowest BCUT2D eigenvalue weighted by Crippen LogP contribution is -2.29. The molecule has 0 saturated carbocycles. The normalized spacial score (nSPS) is 18.6. The number of amides is 1. The molecule has 3 nitrogen and oxygen atoms in total. The first kappa shape index (κ1) is 12.7. The molecule has 96 valence electrons. The molecule has 3 N–H and O–H groups in total. The minimum absolute atomic E-state index is 0.0312. The summed E-state index contributed by atoms with van der Waals surface area (Å²) < 4.78 is 0. The van der Waals surface area contributed by atoms with Crippen molar-refractivity contribution in [2.75, 3.05) is 12.3 Å². The summed E-state index contributed by atoms with van der Waals surface area (Å²) in [6.45, 7) is 2.68. The molecule has 1 aliphatic rings. The van der Waals surface area contributed by atoms with Gasteiger partial charge in [-0.1, -0.05) is 18.2 Å². The maximum Gasteiger partial charge on any atom is 0.251 e. The Kier molecular flexibility index (Phi) is 4.03. The van der Waals surface area contributed by atoms with E-state index in [0.717, 1.165) is 31.4 Å². The first-order chi connectivity index (χ1) is 8.66. The number of hydrogen-bond donors (Lipinski definition) is 2. The van der Waals surface area contributed by atoms with Crippen molar-refractivity contribution in [1.29, 1.82) is 0 Å². The Morgan fingerprint density at radius 1 is 1.44 bits per heavy atom. The second-order valence-corrected chi connectivity index (χ2v) is 4.93. The number of aryl methyl sites for hydroxylation is 1. The molecule has 0 bridgehead atoms. The maximum absolute atomic E-state index is 12.0. The summed E-state index contributed by atoms with van der Waals surface area (Å²) in [5, 5.41) is 2.99. The number of nitrogens with one attached hydrogen (secondary N) is 1. The second-order valence-electron chi connectivity index (χ2n) is 4.93. The third kappa shape index (κ3) is 3.13. The molecule has 3 heteroatoms. The third-order valence-electron chi connectivity index (χ3n) is 3.47. The number of carbonyl (C=O) groups is 1. The molecule has 2 rings (SSSR count). The van der Waals surface area contributed by atoms with E-state index in [9.17, 15) is 4.79 Å². The lowest BCUT2D eigenvalue weighted by molar-refractivity contribution is 0.0946. The number of carbonyl (C=O) groups excluding carboxylic acids is 1. The second kappa shape index (κ2) is 5.71. The van der Waals surface area contributed by atoms with Crippen LogP contribution in [0.4, 0.5) is 5.69 Å². The van der Waals surface area contributed by atoms with Crippen LogP contribution in [0.15, 0.2) is 30.4 Å². The Hall–Kier alpha value is -1.77. The number of nitrogens with two attached hydrogens (primary N) is 1. The molecule has 0 aromatic heterocycles. The van der Waals surface area contributed by atoms with Gasteiger partial charge in [-0.25, -0.2) is 0 Å². The van der Waals surface area contributed by atoms with Gasteiger partial charge in [-0.15, -0.1) is 0 Å².